The molecular weight excluding hydrogens is 437 g/mol. The number of nitrogens with one attached hydrogen (secondary N) is 1. The van der Waals surface area contributed by atoms with Gasteiger partial charge in [-0.05, 0) is 5.56 Å². The zero-order valence-electron chi connectivity index (χ0n) is 16.8. The molecule has 12 heteroatoms. The van der Waals surface area contributed by atoms with Gasteiger partial charge in [-0.2, -0.15) is 0 Å². The Hall–Kier alpha value is -3.96. The lowest BCUT2D eigenvalue weighted by atomic mass is 9.88. The van der Waals surface area contributed by atoms with E-state index in [2.05, 4.69) is 14.8 Å². The number of halogens is 3. The summed E-state index contributed by atoms with van der Waals surface area (Å²) >= 11 is 0. The standard InChI is InChI=1S/C20H17F3N2O7/c1-31-16(26)9-13(10-3-5-12(6-4-10)25(29)30)18(20(28)32-2)24-19(27)17-14(22)7-11(21)8-15(17)23/h3-8,13,18H,9H2,1-2H3,(H,24,27)/t13-,18-/m1/s1. The van der Waals surface area contributed by atoms with Crippen LogP contribution in [0.3, 0.4) is 0 Å². The largest absolute Gasteiger partial charge is 0.469 e. The zero-order chi connectivity index (χ0) is 24.0. The van der Waals surface area contributed by atoms with Crippen molar-refractivity contribution < 1.29 is 42.0 Å². The molecule has 0 unspecified atom stereocenters. The molecule has 0 saturated heterocycles. The third kappa shape index (κ3) is 5.59. The van der Waals surface area contributed by atoms with E-state index >= 15 is 0 Å². The second-order valence-corrected chi connectivity index (χ2v) is 6.45. The maximum Gasteiger partial charge on any atom is 0.329 e. The molecule has 1 amide bonds. The van der Waals surface area contributed by atoms with Crippen molar-refractivity contribution in [1.82, 2.24) is 5.32 Å². The lowest BCUT2D eigenvalue weighted by Crippen LogP contribution is -2.46. The molecule has 0 saturated carbocycles. The fourth-order valence-electron chi connectivity index (χ4n) is 2.96. The molecule has 2 aromatic rings. The number of carbonyl (C=O) groups excluding carboxylic acids is 3. The predicted octanol–water partition coefficient (Wildman–Crippen LogP) is 2.63. The molecule has 0 fully saturated rings. The maximum atomic E-state index is 14.0. The van der Waals surface area contributed by atoms with Gasteiger partial charge in [-0.25, -0.2) is 18.0 Å². The molecule has 2 aromatic carbocycles. The van der Waals surface area contributed by atoms with E-state index in [-0.39, 0.29) is 23.4 Å². The number of nitro groups is 1. The van der Waals surface area contributed by atoms with Crippen LogP contribution in [0.25, 0.3) is 0 Å². The van der Waals surface area contributed by atoms with E-state index in [0.29, 0.717) is 0 Å². The molecule has 0 spiro atoms. The Morgan fingerprint density at radius 1 is 1.03 bits per heavy atom. The van der Waals surface area contributed by atoms with Gasteiger partial charge in [-0.1, -0.05) is 12.1 Å². The third-order valence-electron chi connectivity index (χ3n) is 4.52. The Labute approximate surface area is 179 Å². The minimum absolute atomic E-state index is 0.191. The Kier molecular flexibility index (Phi) is 7.88. The summed E-state index contributed by atoms with van der Waals surface area (Å²) in [6.07, 6.45) is -0.497. The first-order chi connectivity index (χ1) is 15.1. The number of esters is 2. The van der Waals surface area contributed by atoms with E-state index in [1.54, 1.807) is 0 Å². The van der Waals surface area contributed by atoms with Crippen molar-refractivity contribution in [1.29, 1.82) is 0 Å². The Balaban J connectivity index is 2.49. The maximum absolute atomic E-state index is 14.0. The van der Waals surface area contributed by atoms with Crippen LogP contribution in [0.4, 0.5) is 18.9 Å². The van der Waals surface area contributed by atoms with Crippen LogP contribution in [0.1, 0.15) is 28.3 Å². The molecule has 32 heavy (non-hydrogen) atoms. The van der Waals surface area contributed by atoms with E-state index in [0.717, 1.165) is 26.4 Å². The fraction of sp³-hybridized carbons (Fsp3) is 0.250. The molecule has 0 heterocycles. The van der Waals surface area contributed by atoms with Crippen LogP contribution in [0, 0.1) is 27.6 Å². The quantitative estimate of drug-likeness (QED) is 0.369. The number of amides is 1. The second kappa shape index (κ2) is 10.4. The van der Waals surface area contributed by atoms with Crippen molar-refractivity contribution in [3.8, 4) is 0 Å². The van der Waals surface area contributed by atoms with Crippen molar-refractivity contribution in [3.63, 3.8) is 0 Å². The number of nitrogens with zero attached hydrogens (tertiary/aromatic N) is 1. The number of rotatable bonds is 8. The predicted molar refractivity (Wildman–Crippen MR) is 102 cm³/mol. The molecule has 0 aliphatic heterocycles. The Morgan fingerprint density at radius 2 is 1.59 bits per heavy atom. The molecule has 9 nitrogen and oxygen atoms in total. The van der Waals surface area contributed by atoms with Crippen LogP contribution in [0.5, 0.6) is 0 Å². The molecule has 2 rings (SSSR count). The SMILES string of the molecule is COC(=O)C[C@H](c1ccc([N+](=O)[O-])cc1)[C@@H](NC(=O)c1c(F)cc(F)cc1F)C(=O)OC. The summed E-state index contributed by atoms with van der Waals surface area (Å²) in [5.74, 6) is -8.76. The van der Waals surface area contributed by atoms with E-state index in [4.69, 9.17) is 0 Å². The highest BCUT2D eigenvalue weighted by molar-refractivity contribution is 5.97. The number of hydrogen-bond acceptors (Lipinski definition) is 7. The van der Waals surface area contributed by atoms with Gasteiger partial charge in [0.15, 0.2) is 0 Å². The van der Waals surface area contributed by atoms with Gasteiger partial charge >= 0.3 is 11.9 Å². The molecule has 0 aliphatic rings. The highest BCUT2D eigenvalue weighted by Crippen LogP contribution is 2.28. The number of ether oxygens (including phenoxy) is 2. The average Bonchev–Trinajstić information content (AvgIpc) is 2.74. The average molecular weight is 454 g/mol. The zero-order valence-corrected chi connectivity index (χ0v) is 16.8. The first kappa shape index (κ1) is 24.3. The van der Waals surface area contributed by atoms with Gasteiger partial charge in [0, 0.05) is 30.2 Å². The minimum Gasteiger partial charge on any atom is -0.469 e. The van der Waals surface area contributed by atoms with Crippen molar-refractivity contribution in [3.05, 3.63) is 75.1 Å². The lowest BCUT2D eigenvalue weighted by Gasteiger charge is -2.26. The van der Waals surface area contributed by atoms with Crippen molar-refractivity contribution in [2.45, 2.75) is 18.4 Å². The monoisotopic (exact) mass is 454 g/mol. The fourth-order valence-corrected chi connectivity index (χ4v) is 2.96. The van der Waals surface area contributed by atoms with Crippen molar-refractivity contribution in [2.75, 3.05) is 14.2 Å². The first-order valence-corrected chi connectivity index (χ1v) is 8.93. The summed E-state index contributed by atoms with van der Waals surface area (Å²) in [4.78, 5) is 47.1. The van der Waals surface area contributed by atoms with E-state index in [1.807, 2.05) is 0 Å². The van der Waals surface area contributed by atoms with Crippen LogP contribution >= 0.6 is 0 Å². The summed E-state index contributed by atoms with van der Waals surface area (Å²) < 4.78 is 50.4. The smallest absolute Gasteiger partial charge is 0.329 e. The minimum atomic E-state index is -1.66. The summed E-state index contributed by atoms with van der Waals surface area (Å²) in [5.41, 5.74) is -1.24. The number of nitro benzene ring substituents is 1. The van der Waals surface area contributed by atoms with Gasteiger partial charge in [0.2, 0.25) is 0 Å². The molecule has 1 N–H and O–H groups in total. The summed E-state index contributed by atoms with van der Waals surface area (Å²) in [5, 5.41) is 13.0. The highest BCUT2D eigenvalue weighted by Gasteiger charge is 2.35. The van der Waals surface area contributed by atoms with Crippen molar-refractivity contribution in [2.24, 2.45) is 0 Å². The van der Waals surface area contributed by atoms with Crippen LogP contribution in [0.2, 0.25) is 0 Å². The van der Waals surface area contributed by atoms with Gasteiger partial charge in [0.25, 0.3) is 11.6 Å². The summed E-state index contributed by atoms with van der Waals surface area (Å²) in [6, 6.07) is 3.61. The Morgan fingerprint density at radius 3 is 2.06 bits per heavy atom. The topological polar surface area (TPSA) is 125 Å². The van der Waals surface area contributed by atoms with E-state index in [9.17, 15) is 37.7 Å². The molecule has 170 valence electrons. The summed E-state index contributed by atoms with van der Waals surface area (Å²) in [7, 11) is 2.05. The Bertz CT molecular complexity index is 1020. The first-order valence-electron chi connectivity index (χ1n) is 8.93. The van der Waals surface area contributed by atoms with E-state index in [1.165, 1.54) is 12.1 Å². The molecular formula is C20H17F3N2O7. The molecule has 0 bridgehead atoms. The molecule has 0 radical (unpaired) electrons. The number of benzene rings is 2. The van der Waals surface area contributed by atoms with Crippen molar-refractivity contribution >= 4 is 23.5 Å². The van der Waals surface area contributed by atoms with Gasteiger partial charge in [0.1, 0.15) is 29.1 Å². The second-order valence-electron chi connectivity index (χ2n) is 6.45. The van der Waals surface area contributed by atoms with Crippen LogP contribution in [0.15, 0.2) is 36.4 Å². The van der Waals surface area contributed by atoms with Gasteiger partial charge in [-0.15, -0.1) is 0 Å². The van der Waals surface area contributed by atoms with Crippen LogP contribution in [-0.4, -0.2) is 43.0 Å². The van der Waals surface area contributed by atoms with Gasteiger partial charge < -0.3 is 14.8 Å². The van der Waals surface area contributed by atoms with Gasteiger partial charge in [0.05, 0.1) is 25.6 Å². The van der Waals surface area contributed by atoms with E-state index < -0.39 is 64.2 Å². The lowest BCUT2D eigenvalue weighted by molar-refractivity contribution is -0.384. The molecule has 0 aliphatic carbocycles. The number of methoxy groups -OCH3 is 2. The highest BCUT2D eigenvalue weighted by atomic mass is 19.1. The molecule has 2 atom stereocenters. The van der Waals surface area contributed by atoms with Crippen LogP contribution in [-0.2, 0) is 19.1 Å². The normalized spacial score (nSPS) is 12.4. The third-order valence-corrected chi connectivity index (χ3v) is 4.52. The number of carbonyl (C=O) groups is 3. The van der Waals surface area contributed by atoms with Gasteiger partial charge in [-0.3, -0.25) is 19.7 Å². The number of non-ortho nitro benzene ring substituents is 1. The molecule has 0 aromatic heterocycles. The number of hydrogen-bond donors (Lipinski definition) is 1. The summed E-state index contributed by atoms with van der Waals surface area (Å²) in [6.45, 7) is 0. The van der Waals surface area contributed by atoms with Crippen LogP contribution < -0.4 is 5.32 Å².